The highest BCUT2D eigenvalue weighted by atomic mass is 16.5. The molecule has 1 aliphatic rings. The Morgan fingerprint density at radius 2 is 2.07 bits per heavy atom. The fourth-order valence-corrected chi connectivity index (χ4v) is 1.22. The van der Waals surface area contributed by atoms with Crippen LogP contribution in [-0.4, -0.2) is 19.7 Å². The maximum absolute atomic E-state index is 10.0. The van der Waals surface area contributed by atoms with Crippen molar-refractivity contribution in [2.75, 3.05) is 13.7 Å². The minimum absolute atomic E-state index is 0.0463. The van der Waals surface area contributed by atoms with E-state index in [2.05, 4.69) is 4.74 Å². The Labute approximate surface area is 90.0 Å². The molecule has 1 aliphatic heterocycles. The molecule has 0 atom stereocenters. The molecule has 0 aromatic heterocycles. The molecule has 0 bridgehead atoms. The van der Waals surface area contributed by atoms with Gasteiger partial charge in [0.25, 0.3) is 0 Å². The van der Waals surface area contributed by atoms with E-state index in [1.807, 2.05) is 30.3 Å². The molecular formula is C12H16O3. The van der Waals surface area contributed by atoms with E-state index in [0.29, 0.717) is 19.6 Å². The van der Waals surface area contributed by atoms with Gasteiger partial charge in [0.05, 0.1) is 13.2 Å². The molecule has 0 aliphatic carbocycles. The lowest BCUT2D eigenvalue weighted by molar-refractivity contribution is -0.137. The van der Waals surface area contributed by atoms with E-state index in [4.69, 9.17) is 4.74 Å². The lowest BCUT2D eigenvalue weighted by Crippen LogP contribution is -1.88. The zero-order valence-electron chi connectivity index (χ0n) is 8.94. The molecule has 82 valence electrons. The van der Waals surface area contributed by atoms with Gasteiger partial charge in [-0.15, -0.1) is 0 Å². The van der Waals surface area contributed by atoms with Crippen molar-refractivity contribution in [3.63, 3.8) is 0 Å². The normalized spacial score (nSPS) is 14.1. The molecule has 0 saturated carbocycles. The average Bonchev–Trinajstić information content (AvgIpc) is 2.72. The van der Waals surface area contributed by atoms with E-state index in [-0.39, 0.29) is 5.97 Å². The molecule has 0 unspecified atom stereocenters. The topological polar surface area (TPSA) is 35.5 Å². The number of carbonyl (C=O) groups is 1. The smallest absolute Gasteiger partial charge is 0.305 e. The summed E-state index contributed by atoms with van der Waals surface area (Å²) >= 11 is 0. The first kappa shape index (κ1) is 11.7. The van der Waals surface area contributed by atoms with E-state index < -0.39 is 0 Å². The van der Waals surface area contributed by atoms with Crippen LogP contribution in [0.15, 0.2) is 30.3 Å². The first-order valence-corrected chi connectivity index (χ1v) is 5.01. The Kier molecular flexibility index (Phi) is 5.48. The minimum atomic E-state index is -0.0463. The van der Waals surface area contributed by atoms with E-state index in [1.165, 1.54) is 5.56 Å². The Morgan fingerprint density at radius 3 is 2.47 bits per heavy atom. The molecular weight excluding hydrogens is 192 g/mol. The van der Waals surface area contributed by atoms with Gasteiger partial charge in [-0.2, -0.15) is 0 Å². The second-order valence-electron chi connectivity index (χ2n) is 3.24. The summed E-state index contributed by atoms with van der Waals surface area (Å²) in [7, 11) is 1.70. The molecule has 0 amide bonds. The Balaban J connectivity index is 0.000000162. The number of ether oxygens (including phenoxy) is 2. The molecule has 3 heteroatoms. The molecule has 3 nitrogen and oxygen atoms in total. The van der Waals surface area contributed by atoms with Crippen LogP contribution in [0.3, 0.4) is 0 Å². The third-order valence-corrected chi connectivity index (χ3v) is 1.94. The molecule has 1 saturated heterocycles. The second-order valence-corrected chi connectivity index (χ2v) is 3.24. The SMILES string of the molecule is COCc1ccccc1.O=C1CCCO1. The number of rotatable bonds is 2. The lowest BCUT2D eigenvalue weighted by Gasteiger charge is -1.95. The second kappa shape index (κ2) is 7.01. The van der Waals surface area contributed by atoms with Crippen LogP contribution in [0.25, 0.3) is 0 Å². The summed E-state index contributed by atoms with van der Waals surface area (Å²) in [5.74, 6) is -0.0463. The van der Waals surface area contributed by atoms with Gasteiger partial charge in [0.2, 0.25) is 0 Å². The van der Waals surface area contributed by atoms with E-state index in [0.717, 1.165) is 6.42 Å². The fourth-order valence-electron chi connectivity index (χ4n) is 1.22. The van der Waals surface area contributed by atoms with Crippen molar-refractivity contribution in [3.8, 4) is 0 Å². The van der Waals surface area contributed by atoms with Crippen molar-refractivity contribution in [2.45, 2.75) is 19.4 Å². The summed E-state index contributed by atoms with van der Waals surface area (Å²) < 4.78 is 9.44. The summed E-state index contributed by atoms with van der Waals surface area (Å²) in [6.45, 7) is 1.35. The number of esters is 1. The van der Waals surface area contributed by atoms with Crippen LogP contribution >= 0.6 is 0 Å². The molecule has 2 rings (SSSR count). The molecule has 1 aromatic carbocycles. The highest BCUT2D eigenvalue weighted by molar-refractivity contribution is 5.70. The van der Waals surface area contributed by atoms with Crippen LogP contribution in [0.4, 0.5) is 0 Å². The Morgan fingerprint density at radius 1 is 1.33 bits per heavy atom. The maximum atomic E-state index is 10.0. The van der Waals surface area contributed by atoms with Crippen LogP contribution in [0, 0.1) is 0 Å². The zero-order valence-corrected chi connectivity index (χ0v) is 8.94. The molecule has 1 fully saturated rings. The number of cyclic esters (lactones) is 1. The standard InChI is InChI=1S/C8H10O.C4H6O2/c1-9-7-8-5-3-2-4-6-8;5-4-2-1-3-6-4/h2-6H,7H2,1H3;1-3H2. The summed E-state index contributed by atoms with van der Waals surface area (Å²) in [6, 6.07) is 10.1. The minimum Gasteiger partial charge on any atom is -0.466 e. The zero-order chi connectivity index (χ0) is 10.9. The van der Waals surface area contributed by atoms with Crippen molar-refractivity contribution in [1.29, 1.82) is 0 Å². The molecule has 1 aromatic rings. The van der Waals surface area contributed by atoms with Crippen LogP contribution in [0.5, 0.6) is 0 Å². The number of methoxy groups -OCH3 is 1. The van der Waals surface area contributed by atoms with E-state index in [9.17, 15) is 4.79 Å². The predicted octanol–water partition coefficient (Wildman–Crippen LogP) is 2.16. The summed E-state index contributed by atoms with van der Waals surface area (Å²) in [5.41, 5.74) is 1.22. The number of hydrogen-bond donors (Lipinski definition) is 0. The quantitative estimate of drug-likeness (QED) is 0.699. The molecule has 0 N–H and O–H groups in total. The van der Waals surface area contributed by atoms with Crippen LogP contribution in [0.1, 0.15) is 18.4 Å². The van der Waals surface area contributed by atoms with Crippen LogP contribution < -0.4 is 0 Å². The number of carbonyl (C=O) groups excluding carboxylic acids is 1. The van der Waals surface area contributed by atoms with Crippen LogP contribution in [-0.2, 0) is 20.9 Å². The van der Waals surface area contributed by atoms with Gasteiger partial charge in [0.15, 0.2) is 0 Å². The largest absolute Gasteiger partial charge is 0.466 e. The summed E-state index contributed by atoms with van der Waals surface area (Å²) in [5, 5.41) is 0. The summed E-state index contributed by atoms with van der Waals surface area (Å²) in [4.78, 5) is 10.0. The first-order valence-electron chi connectivity index (χ1n) is 5.01. The van der Waals surface area contributed by atoms with Gasteiger partial charge in [-0.05, 0) is 12.0 Å². The van der Waals surface area contributed by atoms with Gasteiger partial charge >= 0.3 is 5.97 Å². The monoisotopic (exact) mass is 208 g/mol. The summed E-state index contributed by atoms with van der Waals surface area (Å²) in [6.07, 6.45) is 1.54. The first-order chi connectivity index (χ1) is 7.33. The van der Waals surface area contributed by atoms with Gasteiger partial charge in [-0.25, -0.2) is 0 Å². The van der Waals surface area contributed by atoms with Gasteiger partial charge < -0.3 is 9.47 Å². The predicted molar refractivity (Wildman–Crippen MR) is 57.3 cm³/mol. The maximum Gasteiger partial charge on any atom is 0.305 e. The number of benzene rings is 1. The molecule has 15 heavy (non-hydrogen) atoms. The lowest BCUT2D eigenvalue weighted by atomic mass is 10.2. The van der Waals surface area contributed by atoms with Gasteiger partial charge in [0.1, 0.15) is 0 Å². The Bertz CT molecular complexity index is 274. The third kappa shape index (κ3) is 5.18. The van der Waals surface area contributed by atoms with E-state index in [1.54, 1.807) is 7.11 Å². The van der Waals surface area contributed by atoms with Crippen molar-refractivity contribution in [3.05, 3.63) is 35.9 Å². The van der Waals surface area contributed by atoms with Gasteiger partial charge in [0, 0.05) is 13.5 Å². The molecule has 0 spiro atoms. The van der Waals surface area contributed by atoms with Crippen molar-refractivity contribution in [2.24, 2.45) is 0 Å². The van der Waals surface area contributed by atoms with E-state index >= 15 is 0 Å². The van der Waals surface area contributed by atoms with Gasteiger partial charge in [-0.3, -0.25) is 4.79 Å². The third-order valence-electron chi connectivity index (χ3n) is 1.94. The van der Waals surface area contributed by atoms with Crippen molar-refractivity contribution in [1.82, 2.24) is 0 Å². The highest BCUT2D eigenvalue weighted by Crippen LogP contribution is 2.01. The molecule has 1 heterocycles. The fraction of sp³-hybridized carbons (Fsp3) is 0.417. The Hall–Kier alpha value is -1.35. The molecule has 0 radical (unpaired) electrons. The van der Waals surface area contributed by atoms with Crippen molar-refractivity contribution >= 4 is 5.97 Å². The van der Waals surface area contributed by atoms with Crippen LogP contribution in [0.2, 0.25) is 0 Å². The highest BCUT2D eigenvalue weighted by Gasteiger charge is 2.08. The number of hydrogen-bond acceptors (Lipinski definition) is 3. The van der Waals surface area contributed by atoms with Crippen molar-refractivity contribution < 1.29 is 14.3 Å². The average molecular weight is 208 g/mol. The van der Waals surface area contributed by atoms with Gasteiger partial charge in [-0.1, -0.05) is 30.3 Å².